The number of hydrogen-bond donors (Lipinski definition) is 3. The Morgan fingerprint density at radius 3 is 2.69 bits per heavy atom. The normalized spacial score (nSPS) is 19.2. The van der Waals surface area contributed by atoms with Crippen molar-refractivity contribution in [2.45, 2.75) is 31.9 Å². The van der Waals surface area contributed by atoms with Gasteiger partial charge in [0.2, 0.25) is 6.67 Å². The van der Waals surface area contributed by atoms with Gasteiger partial charge in [-0.15, -0.1) is 0 Å². The highest BCUT2D eigenvalue weighted by atomic mass is 19.4. The highest BCUT2D eigenvalue weighted by Gasteiger charge is 2.33. The number of anilines is 2. The first-order valence-electron chi connectivity index (χ1n) is 11.6. The van der Waals surface area contributed by atoms with Gasteiger partial charge in [-0.25, -0.2) is 9.67 Å². The first-order valence-corrected chi connectivity index (χ1v) is 11.6. The molecular formula is C25H27F3N7O+. The van der Waals surface area contributed by atoms with Crippen LogP contribution in [-0.2, 0) is 6.18 Å². The average Bonchev–Trinajstić information content (AvgIpc) is 3.47. The molecule has 0 radical (unpaired) electrons. The van der Waals surface area contributed by atoms with Crippen molar-refractivity contribution in [1.29, 1.82) is 0 Å². The van der Waals surface area contributed by atoms with Crippen LogP contribution in [0.25, 0.3) is 17.0 Å². The number of aliphatic hydroxyl groups excluding tert-OH is 1. The van der Waals surface area contributed by atoms with Crippen LogP contribution in [0, 0.1) is 0 Å². The van der Waals surface area contributed by atoms with Crippen LogP contribution < -0.4 is 21.8 Å². The van der Waals surface area contributed by atoms with Crippen LogP contribution in [0.4, 0.5) is 24.5 Å². The fraction of sp³-hybridized carbons (Fsp3) is 0.320. The minimum absolute atomic E-state index is 0.0767. The van der Waals surface area contributed by atoms with Gasteiger partial charge in [0.25, 0.3) is 0 Å². The van der Waals surface area contributed by atoms with Crippen LogP contribution in [0.5, 0.6) is 0 Å². The topological polar surface area (TPSA) is 94.7 Å². The predicted molar refractivity (Wildman–Crippen MR) is 130 cm³/mol. The van der Waals surface area contributed by atoms with Crippen molar-refractivity contribution in [2.75, 3.05) is 30.8 Å². The number of fused-ring (bicyclic) bond motifs is 1. The molecule has 1 fully saturated rings. The average molecular weight is 499 g/mol. The van der Waals surface area contributed by atoms with Crippen molar-refractivity contribution in [1.82, 2.24) is 14.7 Å². The van der Waals surface area contributed by atoms with Crippen molar-refractivity contribution in [3.8, 4) is 11.3 Å². The van der Waals surface area contributed by atoms with Crippen molar-refractivity contribution < 1.29 is 22.9 Å². The molecule has 36 heavy (non-hydrogen) atoms. The summed E-state index contributed by atoms with van der Waals surface area (Å²) in [6.45, 7) is 7.43. The number of nitrogens with one attached hydrogen (secondary N) is 1. The molecule has 0 saturated carbocycles. The first kappa shape index (κ1) is 24.0. The van der Waals surface area contributed by atoms with Crippen LogP contribution >= 0.6 is 0 Å². The minimum atomic E-state index is -4.45. The number of benzene rings is 2. The zero-order valence-electron chi connectivity index (χ0n) is 19.7. The summed E-state index contributed by atoms with van der Waals surface area (Å²) in [5, 5.41) is 19.3. The molecule has 2 aliphatic rings. The van der Waals surface area contributed by atoms with E-state index in [1.54, 1.807) is 4.90 Å². The maximum atomic E-state index is 13.0. The molecule has 0 spiro atoms. The number of alkyl halides is 3. The summed E-state index contributed by atoms with van der Waals surface area (Å²) in [4.78, 5) is 6.49. The Hall–Kier alpha value is -3.70. The van der Waals surface area contributed by atoms with Gasteiger partial charge in [-0.2, -0.15) is 22.8 Å². The fourth-order valence-electron chi connectivity index (χ4n) is 4.64. The van der Waals surface area contributed by atoms with E-state index in [1.807, 2.05) is 40.4 Å². The van der Waals surface area contributed by atoms with Gasteiger partial charge in [-0.1, -0.05) is 18.2 Å². The number of aromatic nitrogens is 2. The molecule has 1 aromatic heterocycles. The van der Waals surface area contributed by atoms with E-state index < -0.39 is 18.1 Å². The van der Waals surface area contributed by atoms with Crippen LogP contribution in [0.15, 0.2) is 53.5 Å². The Balaban J connectivity index is 1.41. The summed E-state index contributed by atoms with van der Waals surface area (Å²) >= 11 is 0. The molecule has 2 aromatic carbocycles. The molecule has 0 bridgehead atoms. The van der Waals surface area contributed by atoms with E-state index >= 15 is 0 Å². The number of nitrogen functional groups attached to an aromatic ring is 1. The molecule has 3 aromatic rings. The third-order valence-electron chi connectivity index (χ3n) is 6.67. The second-order valence-corrected chi connectivity index (χ2v) is 9.07. The highest BCUT2D eigenvalue weighted by Crippen LogP contribution is 2.31. The monoisotopic (exact) mass is 498 g/mol. The summed E-state index contributed by atoms with van der Waals surface area (Å²) in [5.41, 5.74) is 9.34. The van der Waals surface area contributed by atoms with Gasteiger partial charge in [0, 0.05) is 37.0 Å². The van der Waals surface area contributed by atoms with Crippen LogP contribution in [-0.4, -0.2) is 57.2 Å². The van der Waals surface area contributed by atoms with E-state index in [9.17, 15) is 18.3 Å². The highest BCUT2D eigenvalue weighted by molar-refractivity contribution is 5.64. The lowest BCUT2D eigenvalue weighted by Crippen LogP contribution is -2.42. The molecule has 3 heterocycles. The lowest BCUT2D eigenvalue weighted by atomic mass is 10.1. The van der Waals surface area contributed by atoms with E-state index in [1.165, 1.54) is 12.1 Å². The van der Waals surface area contributed by atoms with Crippen molar-refractivity contribution in [3.05, 3.63) is 64.8 Å². The summed E-state index contributed by atoms with van der Waals surface area (Å²) in [6, 6.07) is 12.2. The Bertz CT molecular complexity index is 1430. The molecule has 188 valence electrons. The number of likely N-dealkylation sites (tertiary alicyclic amines) is 1. The van der Waals surface area contributed by atoms with Crippen molar-refractivity contribution in [2.24, 2.45) is 4.99 Å². The number of halogens is 3. The summed E-state index contributed by atoms with van der Waals surface area (Å²) < 4.78 is 42.9. The maximum absolute atomic E-state index is 13.0. The van der Waals surface area contributed by atoms with Crippen LogP contribution in [0.2, 0.25) is 0 Å². The number of rotatable bonds is 5. The first-order chi connectivity index (χ1) is 17.1. The molecule has 2 aliphatic heterocycles. The minimum Gasteiger partial charge on any atom is -0.399 e. The molecule has 0 amide bonds. The van der Waals surface area contributed by atoms with E-state index in [2.05, 4.69) is 12.0 Å². The Labute approximate surface area is 205 Å². The van der Waals surface area contributed by atoms with Gasteiger partial charge in [0.15, 0.2) is 17.5 Å². The SMILES string of the molecule is C=[N+]1CN=c2c(c(-c3ccc(N)cc3)nn2C2CCN(C(O)Nc3cccc(C(F)(F)F)c3)C2)=C1C. The second-order valence-electron chi connectivity index (χ2n) is 9.07. The molecule has 8 nitrogen and oxygen atoms in total. The van der Waals surface area contributed by atoms with Crippen molar-refractivity contribution >= 4 is 23.8 Å². The van der Waals surface area contributed by atoms with Gasteiger partial charge >= 0.3 is 6.18 Å². The van der Waals surface area contributed by atoms with Crippen LogP contribution in [0.3, 0.4) is 0 Å². The predicted octanol–water partition coefficient (Wildman–Crippen LogP) is 2.22. The third kappa shape index (κ3) is 4.47. The lowest BCUT2D eigenvalue weighted by molar-refractivity contribution is -0.426. The van der Waals surface area contributed by atoms with Gasteiger partial charge in [0.1, 0.15) is 17.6 Å². The Kier molecular flexibility index (Phi) is 6.05. The molecule has 4 N–H and O–H groups in total. The number of nitrogens with zero attached hydrogens (tertiary/aromatic N) is 5. The van der Waals surface area contributed by atoms with Crippen LogP contribution in [0.1, 0.15) is 24.9 Å². The summed E-state index contributed by atoms with van der Waals surface area (Å²) in [6.07, 6.45) is -4.91. The smallest absolute Gasteiger partial charge is 0.399 e. The number of aliphatic hydroxyl groups is 1. The molecule has 11 heteroatoms. The van der Waals surface area contributed by atoms with Gasteiger partial charge < -0.3 is 16.2 Å². The molecule has 1 saturated heterocycles. The van der Waals surface area contributed by atoms with E-state index in [0.717, 1.165) is 39.8 Å². The van der Waals surface area contributed by atoms with E-state index in [-0.39, 0.29) is 11.7 Å². The van der Waals surface area contributed by atoms with Gasteiger partial charge in [-0.3, -0.25) is 4.90 Å². The third-order valence-corrected chi connectivity index (χ3v) is 6.67. The molecule has 2 unspecified atom stereocenters. The summed E-state index contributed by atoms with van der Waals surface area (Å²) in [5.74, 6) is 0. The molecule has 5 rings (SSSR count). The van der Waals surface area contributed by atoms with Gasteiger partial charge in [-0.05, 0) is 36.8 Å². The Morgan fingerprint density at radius 2 is 1.97 bits per heavy atom. The summed E-state index contributed by atoms with van der Waals surface area (Å²) in [7, 11) is 0. The lowest BCUT2D eigenvalue weighted by Gasteiger charge is -2.25. The quantitative estimate of drug-likeness (QED) is 0.285. The Morgan fingerprint density at radius 1 is 1.22 bits per heavy atom. The maximum Gasteiger partial charge on any atom is 0.416 e. The molecule has 2 atom stereocenters. The standard InChI is InChI=1S/C25H27F3N7O/c1-15-21-22(16-6-8-18(29)9-7-16)32-35(23(21)30-14-33(15)2)20-10-11-34(13-20)24(36)31-19-5-3-4-17(12-19)25(26,27)28/h3-9,12,20,24,31,36H,2,10-11,13-14,29H2,1H3/q+1. The molecular weight excluding hydrogens is 471 g/mol. The zero-order valence-corrected chi connectivity index (χ0v) is 19.7. The van der Waals surface area contributed by atoms with E-state index in [4.69, 9.17) is 15.8 Å². The largest absolute Gasteiger partial charge is 0.416 e. The van der Waals surface area contributed by atoms with E-state index in [0.29, 0.717) is 31.9 Å². The zero-order chi connectivity index (χ0) is 25.6. The fourth-order valence-corrected chi connectivity index (χ4v) is 4.64. The van der Waals surface area contributed by atoms with Gasteiger partial charge in [0.05, 0.1) is 11.6 Å². The number of nitrogens with two attached hydrogens (primary N) is 1. The number of hydrogen-bond acceptors (Lipinski definition) is 6. The second kappa shape index (κ2) is 9.07. The van der Waals surface area contributed by atoms with Crippen molar-refractivity contribution in [3.63, 3.8) is 0 Å². The molecule has 0 aliphatic carbocycles.